The normalized spacial score (nSPS) is 16.0. The van der Waals surface area contributed by atoms with Gasteiger partial charge >= 0.3 is 0 Å². The van der Waals surface area contributed by atoms with Gasteiger partial charge in [-0.2, -0.15) is 4.98 Å². The van der Waals surface area contributed by atoms with E-state index in [1.807, 2.05) is 0 Å². The zero-order chi connectivity index (χ0) is 17.9. The van der Waals surface area contributed by atoms with E-state index in [4.69, 9.17) is 4.52 Å². The lowest BCUT2D eigenvalue weighted by atomic mass is 9.94. The molecule has 3 aromatic rings. The minimum Gasteiger partial charge on any atom is -0.350 e. The van der Waals surface area contributed by atoms with Crippen molar-refractivity contribution in [1.82, 2.24) is 19.6 Å². The summed E-state index contributed by atoms with van der Waals surface area (Å²) < 4.78 is 7.68. The fourth-order valence-electron chi connectivity index (χ4n) is 4.27. The Balaban J connectivity index is 1.47. The number of nitrogens with zero attached hydrogens (tertiary/aromatic N) is 4. The molecule has 138 valence electrons. The van der Waals surface area contributed by atoms with E-state index in [2.05, 4.69) is 64.0 Å². The third kappa shape index (κ3) is 3.40. The SMILES string of the molecule is CCN(CCc1nc(-c2cn(C)c3ccccc23)no1)C1CCCCC1. The molecule has 1 aliphatic carbocycles. The molecule has 0 saturated heterocycles. The van der Waals surface area contributed by atoms with Crippen molar-refractivity contribution in [3.05, 3.63) is 36.4 Å². The van der Waals surface area contributed by atoms with Crippen molar-refractivity contribution >= 4 is 10.9 Å². The molecule has 1 aliphatic rings. The number of aryl methyl sites for hydroxylation is 1. The lowest BCUT2D eigenvalue weighted by Gasteiger charge is -2.33. The molecule has 1 fully saturated rings. The number of hydrogen-bond acceptors (Lipinski definition) is 4. The molecule has 4 rings (SSSR count). The number of aromatic nitrogens is 3. The van der Waals surface area contributed by atoms with Gasteiger partial charge in [0, 0.05) is 48.7 Å². The average molecular weight is 352 g/mol. The first-order valence-corrected chi connectivity index (χ1v) is 9.87. The second-order valence-electron chi connectivity index (χ2n) is 7.35. The molecule has 0 unspecified atom stereocenters. The van der Waals surface area contributed by atoms with Crippen LogP contribution in [0.2, 0.25) is 0 Å². The molecule has 0 aliphatic heterocycles. The summed E-state index contributed by atoms with van der Waals surface area (Å²) in [7, 11) is 2.05. The molecule has 0 radical (unpaired) electrons. The predicted octanol–water partition coefficient (Wildman–Crippen LogP) is 4.43. The first kappa shape index (κ1) is 17.3. The van der Waals surface area contributed by atoms with Crippen LogP contribution in [0.1, 0.15) is 44.9 Å². The largest absolute Gasteiger partial charge is 0.350 e. The Bertz CT molecular complexity index is 860. The van der Waals surface area contributed by atoms with E-state index in [-0.39, 0.29) is 0 Å². The molecule has 1 aromatic carbocycles. The Morgan fingerprint density at radius 1 is 1.19 bits per heavy atom. The molecule has 0 atom stereocenters. The van der Waals surface area contributed by atoms with E-state index in [1.165, 1.54) is 43.0 Å². The topological polar surface area (TPSA) is 47.1 Å². The van der Waals surface area contributed by atoms with E-state index >= 15 is 0 Å². The summed E-state index contributed by atoms with van der Waals surface area (Å²) in [6.45, 7) is 4.34. The number of para-hydroxylation sites is 1. The van der Waals surface area contributed by atoms with Crippen LogP contribution < -0.4 is 0 Å². The highest BCUT2D eigenvalue weighted by molar-refractivity contribution is 5.94. The second-order valence-corrected chi connectivity index (χ2v) is 7.35. The van der Waals surface area contributed by atoms with E-state index in [9.17, 15) is 0 Å². The zero-order valence-electron chi connectivity index (χ0n) is 15.8. The van der Waals surface area contributed by atoms with Crippen molar-refractivity contribution in [1.29, 1.82) is 0 Å². The van der Waals surface area contributed by atoms with Gasteiger partial charge in [-0.05, 0) is 25.5 Å². The maximum atomic E-state index is 5.56. The number of hydrogen-bond donors (Lipinski definition) is 0. The smallest absolute Gasteiger partial charge is 0.228 e. The molecule has 5 nitrogen and oxygen atoms in total. The Labute approximate surface area is 155 Å². The van der Waals surface area contributed by atoms with Gasteiger partial charge in [-0.1, -0.05) is 49.5 Å². The molecule has 0 bridgehead atoms. The third-order valence-electron chi connectivity index (χ3n) is 5.72. The van der Waals surface area contributed by atoms with Crippen LogP contribution in [0.25, 0.3) is 22.3 Å². The second kappa shape index (κ2) is 7.62. The highest BCUT2D eigenvalue weighted by Gasteiger charge is 2.21. The van der Waals surface area contributed by atoms with Crippen LogP contribution in [0.3, 0.4) is 0 Å². The van der Waals surface area contributed by atoms with Crippen molar-refractivity contribution in [2.45, 2.75) is 51.5 Å². The predicted molar refractivity (Wildman–Crippen MR) is 104 cm³/mol. The molecule has 5 heteroatoms. The van der Waals surface area contributed by atoms with E-state index in [1.54, 1.807) is 0 Å². The monoisotopic (exact) mass is 352 g/mol. The lowest BCUT2D eigenvalue weighted by Crippen LogP contribution is -2.38. The molecule has 2 heterocycles. The Hall–Kier alpha value is -2.14. The van der Waals surface area contributed by atoms with Gasteiger partial charge in [0.05, 0.1) is 0 Å². The van der Waals surface area contributed by atoms with Crippen LogP contribution >= 0.6 is 0 Å². The Kier molecular flexibility index (Phi) is 5.07. The molecule has 0 spiro atoms. The summed E-state index contributed by atoms with van der Waals surface area (Å²) in [6.07, 6.45) is 9.70. The molecule has 2 aromatic heterocycles. The number of fused-ring (bicyclic) bond motifs is 1. The summed E-state index contributed by atoms with van der Waals surface area (Å²) >= 11 is 0. The van der Waals surface area contributed by atoms with Crippen LogP contribution in [0.4, 0.5) is 0 Å². The van der Waals surface area contributed by atoms with Crippen LogP contribution in [0.5, 0.6) is 0 Å². The summed E-state index contributed by atoms with van der Waals surface area (Å²) in [6, 6.07) is 9.06. The zero-order valence-corrected chi connectivity index (χ0v) is 15.8. The molecule has 1 saturated carbocycles. The minimum absolute atomic E-state index is 0.692. The van der Waals surface area contributed by atoms with Crippen LogP contribution in [-0.2, 0) is 13.5 Å². The van der Waals surface area contributed by atoms with Crippen LogP contribution in [0, 0.1) is 0 Å². The molecular weight excluding hydrogens is 324 g/mol. The van der Waals surface area contributed by atoms with E-state index in [0.29, 0.717) is 5.82 Å². The first-order chi connectivity index (χ1) is 12.8. The quantitative estimate of drug-likeness (QED) is 0.658. The molecular formula is C21H28N4O. The van der Waals surface area contributed by atoms with Gasteiger partial charge in [0.2, 0.25) is 11.7 Å². The number of likely N-dealkylation sites (N-methyl/N-ethyl adjacent to an activating group) is 1. The number of rotatable bonds is 6. The summed E-state index contributed by atoms with van der Waals surface area (Å²) in [5.41, 5.74) is 2.22. The summed E-state index contributed by atoms with van der Waals surface area (Å²) in [5, 5.41) is 5.41. The molecule has 0 amide bonds. The fourth-order valence-corrected chi connectivity index (χ4v) is 4.27. The van der Waals surface area contributed by atoms with Gasteiger partial charge in [0.25, 0.3) is 0 Å². The Morgan fingerprint density at radius 2 is 2.00 bits per heavy atom. The Morgan fingerprint density at radius 3 is 2.81 bits per heavy atom. The van der Waals surface area contributed by atoms with Gasteiger partial charge in [0.1, 0.15) is 0 Å². The number of benzene rings is 1. The van der Waals surface area contributed by atoms with Crippen LogP contribution in [0.15, 0.2) is 35.0 Å². The average Bonchev–Trinajstić information content (AvgIpc) is 3.28. The minimum atomic E-state index is 0.692. The van der Waals surface area contributed by atoms with Gasteiger partial charge in [-0.3, -0.25) is 0 Å². The molecule has 0 N–H and O–H groups in total. The van der Waals surface area contributed by atoms with Crippen LogP contribution in [-0.4, -0.2) is 38.7 Å². The van der Waals surface area contributed by atoms with Gasteiger partial charge < -0.3 is 14.0 Å². The summed E-state index contributed by atoms with van der Waals surface area (Å²) in [5.74, 6) is 1.43. The fraction of sp³-hybridized carbons (Fsp3) is 0.524. The van der Waals surface area contributed by atoms with Crippen molar-refractivity contribution in [3.63, 3.8) is 0 Å². The lowest BCUT2D eigenvalue weighted by molar-refractivity contribution is 0.161. The first-order valence-electron chi connectivity index (χ1n) is 9.87. The third-order valence-corrected chi connectivity index (χ3v) is 5.72. The van der Waals surface area contributed by atoms with Gasteiger partial charge in [0.15, 0.2) is 0 Å². The molecule has 26 heavy (non-hydrogen) atoms. The van der Waals surface area contributed by atoms with Crippen molar-refractivity contribution in [2.24, 2.45) is 7.05 Å². The van der Waals surface area contributed by atoms with Gasteiger partial charge in [-0.15, -0.1) is 0 Å². The highest BCUT2D eigenvalue weighted by Crippen LogP contribution is 2.28. The van der Waals surface area contributed by atoms with Crippen molar-refractivity contribution < 1.29 is 4.52 Å². The van der Waals surface area contributed by atoms with Crippen molar-refractivity contribution in [2.75, 3.05) is 13.1 Å². The van der Waals surface area contributed by atoms with Crippen molar-refractivity contribution in [3.8, 4) is 11.4 Å². The maximum absolute atomic E-state index is 5.56. The standard InChI is InChI=1S/C21H28N4O/c1-3-25(16-9-5-4-6-10-16)14-13-20-22-21(23-26-20)18-15-24(2)19-12-8-7-11-17(18)19/h7-8,11-12,15-16H,3-6,9-10,13-14H2,1-2H3. The highest BCUT2D eigenvalue weighted by atomic mass is 16.5. The summed E-state index contributed by atoms with van der Waals surface area (Å²) in [4.78, 5) is 7.26. The van der Waals surface area contributed by atoms with Gasteiger partial charge in [-0.25, -0.2) is 0 Å². The van der Waals surface area contributed by atoms with E-state index in [0.717, 1.165) is 37.0 Å². The maximum Gasteiger partial charge on any atom is 0.228 e. The van der Waals surface area contributed by atoms with E-state index < -0.39 is 0 Å².